The average molecular weight is 357 g/mol. The van der Waals surface area contributed by atoms with Crippen molar-refractivity contribution >= 4 is 32.5 Å². The van der Waals surface area contributed by atoms with Crippen molar-refractivity contribution < 1.29 is 13.2 Å². The summed E-state index contributed by atoms with van der Waals surface area (Å²) in [7, 11) is -3.54. The predicted molar refractivity (Wildman–Crippen MR) is 98.8 cm³/mol. The number of nitrogens with one attached hydrogen (secondary N) is 3. The summed E-state index contributed by atoms with van der Waals surface area (Å²) in [6.07, 6.45) is 3.10. The number of fused-ring (bicyclic) bond motifs is 1. The number of sulfonamides is 1. The molecule has 25 heavy (non-hydrogen) atoms. The van der Waals surface area contributed by atoms with Crippen LogP contribution in [0.25, 0.3) is 10.9 Å². The third-order valence-corrected chi connectivity index (χ3v) is 4.53. The fourth-order valence-corrected chi connectivity index (χ4v) is 3.42. The molecular weight excluding hydrogens is 338 g/mol. The number of aromatic amines is 1. The molecule has 0 saturated carbocycles. The Bertz CT molecular complexity index is 981. The fourth-order valence-electron chi connectivity index (χ4n) is 2.72. The van der Waals surface area contributed by atoms with Crippen LogP contribution in [0.15, 0.2) is 60.8 Å². The van der Waals surface area contributed by atoms with Crippen LogP contribution in [-0.2, 0) is 21.2 Å². The minimum absolute atomic E-state index is 0.246. The smallest absolute Gasteiger partial charge is 0.242 e. The number of rotatable bonds is 6. The van der Waals surface area contributed by atoms with Gasteiger partial charge < -0.3 is 10.3 Å². The van der Waals surface area contributed by atoms with Crippen molar-refractivity contribution in [2.45, 2.75) is 12.5 Å². The number of anilines is 1. The molecule has 3 aromatic rings. The molecule has 0 aliphatic carbocycles. The lowest BCUT2D eigenvalue weighted by molar-refractivity contribution is -0.117. The fraction of sp³-hybridized carbons (Fsp3) is 0.167. The summed E-state index contributed by atoms with van der Waals surface area (Å²) in [4.78, 5) is 15.7. The molecule has 130 valence electrons. The van der Waals surface area contributed by atoms with E-state index in [1.807, 2.05) is 30.3 Å². The second-order valence-corrected chi connectivity index (χ2v) is 7.64. The molecule has 0 unspecified atom stereocenters. The SMILES string of the molecule is CS(=O)(=O)N[C@@H](Cc1c[nH]c2ccccc12)C(=O)Nc1ccccc1. The monoisotopic (exact) mass is 357 g/mol. The topological polar surface area (TPSA) is 91.1 Å². The maximum atomic E-state index is 12.6. The van der Waals surface area contributed by atoms with E-state index in [1.165, 1.54) is 0 Å². The molecule has 3 rings (SSSR count). The van der Waals surface area contributed by atoms with Crippen molar-refractivity contribution in [2.24, 2.45) is 0 Å². The molecule has 0 aliphatic heterocycles. The quantitative estimate of drug-likeness (QED) is 0.632. The zero-order valence-electron chi connectivity index (χ0n) is 13.7. The van der Waals surface area contributed by atoms with E-state index >= 15 is 0 Å². The van der Waals surface area contributed by atoms with Gasteiger partial charge in [-0.05, 0) is 30.2 Å². The molecule has 1 atom stereocenters. The Balaban J connectivity index is 1.85. The van der Waals surface area contributed by atoms with Crippen LogP contribution in [0.1, 0.15) is 5.56 Å². The lowest BCUT2D eigenvalue weighted by atomic mass is 10.0. The molecule has 7 heteroatoms. The number of benzene rings is 2. The number of carbonyl (C=O) groups is 1. The molecule has 0 saturated heterocycles. The number of hydrogen-bond donors (Lipinski definition) is 3. The normalized spacial score (nSPS) is 12.8. The first-order chi connectivity index (χ1) is 11.9. The van der Waals surface area contributed by atoms with Gasteiger partial charge in [0.05, 0.1) is 6.26 Å². The first-order valence-electron chi connectivity index (χ1n) is 7.80. The zero-order chi connectivity index (χ0) is 17.9. The van der Waals surface area contributed by atoms with Crippen molar-refractivity contribution in [1.29, 1.82) is 0 Å². The third-order valence-electron chi connectivity index (χ3n) is 3.81. The minimum atomic E-state index is -3.54. The number of hydrogen-bond acceptors (Lipinski definition) is 3. The largest absolute Gasteiger partial charge is 0.361 e. The van der Waals surface area contributed by atoms with Crippen molar-refractivity contribution in [2.75, 3.05) is 11.6 Å². The highest BCUT2D eigenvalue weighted by Gasteiger charge is 2.24. The van der Waals surface area contributed by atoms with Crippen LogP contribution in [0.5, 0.6) is 0 Å². The van der Waals surface area contributed by atoms with E-state index in [0.29, 0.717) is 5.69 Å². The second-order valence-electron chi connectivity index (χ2n) is 5.86. The molecule has 0 fully saturated rings. The number of carbonyl (C=O) groups excluding carboxylic acids is 1. The second kappa shape index (κ2) is 7.08. The van der Waals surface area contributed by atoms with Crippen LogP contribution in [0.2, 0.25) is 0 Å². The number of H-pyrrole nitrogens is 1. The van der Waals surface area contributed by atoms with Gasteiger partial charge in [-0.1, -0.05) is 36.4 Å². The van der Waals surface area contributed by atoms with Gasteiger partial charge in [-0.3, -0.25) is 4.79 Å². The summed E-state index contributed by atoms with van der Waals surface area (Å²) >= 11 is 0. The lowest BCUT2D eigenvalue weighted by Gasteiger charge is -2.17. The van der Waals surface area contributed by atoms with E-state index in [1.54, 1.807) is 30.5 Å². The van der Waals surface area contributed by atoms with Crippen LogP contribution < -0.4 is 10.0 Å². The Hall–Kier alpha value is -2.64. The molecule has 0 spiro atoms. The Morgan fingerprint density at radius 1 is 1.08 bits per heavy atom. The van der Waals surface area contributed by atoms with Gasteiger partial charge in [-0.2, -0.15) is 0 Å². The molecule has 1 amide bonds. The van der Waals surface area contributed by atoms with Gasteiger partial charge in [0.25, 0.3) is 0 Å². The zero-order valence-corrected chi connectivity index (χ0v) is 14.5. The van der Waals surface area contributed by atoms with Gasteiger partial charge >= 0.3 is 0 Å². The van der Waals surface area contributed by atoms with Crippen LogP contribution in [-0.4, -0.2) is 31.6 Å². The van der Waals surface area contributed by atoms with Gasteiger partial charge in [-0.25, -0.2) is 13.1 Å². The summed E-state index contributed by atoms with van der Waals surface area (Å²) in [5.74, 6) is -0.401. The maximum absolute atomic E-state index is 12.6. The van der Waals surface area contributed by atoms with Crippen molar-refractivity contribution in [1.82, 2.24) is 9.71 Å². The van der Waals surface area contributed by atoms with Crippen molar-refractivity contribution in [3.63, 3.8) is 0 Å². The van der Waals surface area contributed by atoms with Gasteiger partial charge in [0, 0.05) is 22.8 Å². The summed E-state index contributed by atoms with van der Waals surface area (Å²) in [6, 6.07) is 15.7. The first-order valence-corrected chi connectivity index (χ1v) is 9.70. The summed E-state index contributed by atoms with van der Waals surface area (Å²) in [5.41, 5.74) is 2.44. The highest BCUT2D eigenvalue weighted by Crippen LogP contribution is 2.19. The van der Waals surface area contributed by atoms with E-state index in [0.717, 1.165) is 22.7 Å². The lowest BCUT2D eigenvalue weighted by Crippen LogP contribution is -2.44. The summed E-state index contributed by atoms with van der Waals surface area (Å²) in [5, 5.41) is 3.72. The maximum Gasteiger partial charge on any atom is 0.242 e. The van der Waals surface area contributed by atoms with E-state index in [-0.39, 0.29) is 6.42 Å². The Kier molecular flexibility index (Phi) is 4.87. The molecule has 1 aromatic heterocycles. The highest BCUT2D eigenvalue weighted by molar-refractivity contribution is 7.88. The number of para-hydroxylation sites is 2. The molecule has 0 bridgehead atoms. The average Bonchev–Trinajstić information content (AvgIpc) is 2.97. The van der Waals surface area contributed by atoms with Crippen molar-refractivity contribution in [3.8, 4) is 0 Å². The third kappa shape index (κ3) is 4.46. The standard InChI is InChI=1S/C18H19N3O3S/c1-25(23,24)21-17(18(22)20-14-7-3-2-4-8-14)11-13-12-19-16-10-6-5-9-15(13)16/h2-10,12,17,19,21H,11H2,1H3,(H,20,22)/t17-/m0/s1. The molecule has 3 N–H and O–H groups in total. The minimum Gasteiger partial charge on any atom is -0.361 e. The molecule has 6 nitrogen and oxygen atoms in total. The van der Waals surface area contributed by atoms with Gasteiger partial charge in [0.2, 0.25) is 15.9 Å². The summed E-state index contributed by atoms with van der Waals surface area (Å²) < 4.78 is 25.8. The van der Waals surface area contributed by atoms with Crippen LogP contribution >= 0.6 is 0 Å². The van der Waals surface area contributed by atoms with Crippen molar-refractivity contribution in [3.05, 3.63) is 66.4 Å². The predicted octanol–water partition coefficient (Wildman–Crippen LogP) is 2.27. The van der Waals surface area contributed by atoms with Crippen LogP contribution in [0.3, 0.4) is 0 Å². The Labute approximate surface area is 146 Å². The van der Waals surface area contributed by atoms with Gasteiger partial charge in [0.1, 0.15) is 6.04 Å². The van der Waals surface area contributed by atoms with E-state index in [9.17, 15) is 13.2 Å². The summed E-state index contributed by atoms with van der Waals surface area (Å²) in [6.45, 7) is 0. The highest BCUT2D eigenvalue weighted by atomic mass is 32.2. The van der Waals surface area contributed by atoms with Gasteiger partial charge in [-0.15, -0.1) is 0 Å². The molecule has 2 aromatic carbocycles. The number of amides is 1. The van der Waals surface area contributed by atoms with Gasteiger partial charge in [0.15, 0.2) is 0 Å². The van der Waals surface area contributed by atoms with E-state index in [2.05, 4.69) is 15.0 Å². The number of aromatic nitrogens is 1. The van der Waals surface area contributed by atoms with Crippen LogP contribution in [0.4, 0.5) is 5.69 Å². The molecule has 0 radical (unpaired) electrons. The molecular formula is C18H19N3O3S. The van der Waals surface area contributed by atoms with Crippen LogP contribution in [0, 0.1) is 0 Å². The molecule has 1 heterocycles. The Morgan fingerprint density at radius 2 is 1.76 bits per heavy atom. The van der Waals surface area contributed by atoms with E-state index in [4.69, 9.17) is 0 Å². The Morgan fingerprint density at radius 3 is 2.48 bits per heavy atom. The first kappa shape index (κ1) is 17.2. The van der Waals surface area contributed by atoms with E-state index < -0.39 is 22.0 Å². The molecule has 0 aliphatic rings.